The number of anilines is 2. The number of aryl methyl sites for hydroxylation is 1. The second kappa shape index (κ2) is 12.3. The molecular weight excluding hydrogens is 507 g/mol. The van der Waals surface area contributed by atoms with Gasteiger partial charge in [0.2, 0.25) is 5.91 Å². The van der Waals surface area contributed by atoms with Gasteiger partial charge in [0.15, 0.2) is 5.96 Å². The van der Waals surface area contributed by atoms with Crippen LogP contribution in [0.2, 0.25) is 0 Å². The fourth-order valence-corrected chi connectivity index (χ4v) is 3.35. The van der Waals surface area contributed by atoms with E-state index in [1.165, 1.54) is 5.69 Å². The average Bonchev–Trinajstić information content (AvgIpc) is 2.78. The highest BCUT2D eigenvalue weighted by molar-refractivity contribution is 14.0. The van der Waals surface area contributed by atoms with Crippen LogP contribution in [0.4, 0.5) is 11.5 Å². The molecule has 8 nitrogen and oxygen atoms in total. The lowest BCUT2D eigenvalue weighted by Crippen LogP contribution is -2.52. The van der Waals surface area contributed by atoms with Gasteiger partial charge in [-0.1, -0.05) is 12.1 Å². The molecule has 2 N–H and O–H groups in total. The first-order valence-corrected chi connectivity index (χ1v) is 10.2. The van der Waals surface area contributed by atoms with Crippen LogP contribution in [0.3, 0.4) is 0 Å². The number of nitrogens with one attached hydrogen (secondary N) is 2. The summed E-state index contributed by atoms with van der Waals surface area (Å²) in [7, 11) is 3.46. The van der Waals surface area contributed by atoms with Gasteiger partial charge in [-0.05, 0) is 30.7 Å². The molecule has 1 fully saturated rings. The van der Waals surface area contributed by atoms with Crippen LogP contribution in [0.25, 0.3) is 0 Å². The summed E-state index contributed by atoms with van der Waals surface area (Å²) >= 11 is 0. The molecule has 0 saturated carbocycles. The minimum absolute atomic E-state index is 0. The zero-order chi connectivity index (χ0) is 21.3. The second-order valence-electron chi connectivity index (χ2n) is 7.17. The van der Waals surface area contributed by atoms with Crippen LogP contribution in [0.1, 0.15) is 12.0 Å². The third-order valence-corrected chi connectivity index (χ3v) is 5.02. The first kappa shape index (κ1) is 24.7. The van der Waals surface area contributed by atoms with Crippen LogP contribution >= 0.6 is 24.0 Å². The van der Waals surface area contributed by atoms with E-state index < -0.39 is 0 Å². The number of benzene rings is 1. The van der Waals surface area contributed by atoms with E-state index in [2.05, 4.69) is 42.5 Å². The molecule has 1 aliphatic rings. The van der Waals surface area contributed by atoms with Crippen molar-refractivity contribution in [3.63, 3.8) is 0 Å². The van der Waals surface area contributed by atoms with Crippen LogP contribution in [-0.4, -0.2) is 68.6 Å². The quantitative estimate of drug-likeness (QED) is 0.335. The highest BCUT2D eigenvalue weighted by atomic mass is 127. The molecule has 0 unspecified atom stereocenters. The molecule has 0 bridgehead atoms. The first-order chi connectivity index (χ1) is 14.6. The number of ether oxygens (including phenoxy) is 1. The molecule has 1 saturated heterocycles. The van der Waals surface area contributed by atoms with E-state index in [0.29, 0.717) is 18.8 Å². The number of hydrogen-bond acceptors (Lipinski definition) is 5. The molecule has 2 heterocycles. The van der Waals surface area contributed by atoms with Crippen molar-refractivity contribution in [3.05, 3.63) is 48.2 Å². The topological polar surface area (TPSA) is 82.1 Å². The minimum atomic E-state index is -0.0721. The molecule has 0 radical (unpaired) electrons. The number of amides is 1. The summed E-state index contributed by atoms with van der Waals surface area (Å²) in [4.78, 5) is 25.3. The van der Waals surface area contributed by atoms with Gasteiger partial charge >= 0.3 is 0 Å². The number of methoxy groups -OCH3 is 1. The van der Waals surface area contributed by atoms with E-state index in [4.69, 9.17) is 4.74 Å². The molecule has 31 heavy (non-hydrogen) atoms. The van der Waals surface area contributed by atoms with E-state index in [-0.39, 0.29) is 29.9 Å². The summed E-state index contributed by atoms with van der Waals surface area (Å²) in [6.07, 6.45) is 2.08. The molecule has 1 aromatic carbocycles. The number of carbonyl (C=O) groups excluding carboxylic acids is 1. The van der Waals surface area contributed by atoms with Crippen LogP contribution in [0.15, 0.2) is 47.6 Å². The summed E-state index contributed by atoms with van der Waals surface area (Å²) in [6, 6.07) is 11.9. The summed E-state index contributed by atoms with van der Waals surface area (Å²) in [5.74, 6) is 2.19. The van der Waals surface area contributed by atoms with Gasteiger partial charge in [0.1, 0.15) is 11.6 Å². The SMILES string of the molecule is CN=C(NCCC(=O)Nc1ccc(C)cn1)N1CCN(c2cccc(OC)c2)CC1.I. The number of aromatic nitrogens is 1. The lowest BCUT2D eigenvalue weighted by Gasteiger charge is -2.37. The van der Waals surface area contributed by atoms with Gasteiger partial charge in [0.05, 0.1) is 7.11 Å². The summed E-state index contributed by atoms with van der Waals surface area (Å²) < 4.78 is 5.33. The van der Waals surface area contributed by atoms with Gasteiger partial charge in [-0.15, -0.1) is 24.0 Å². The molecule has 168 valence electrons. The Labute approximate surface area is 201 Å². The van der Waals surface area contributed by atoms with E-state index in [0.717, 1.165) is 43.5 Å². The highest BCUT2D eigenvalue weighted by Gasteiger charge is 2.20. The molecule has 2 aromatic rings. The fourth-order valence-electron chi connectivity index (χ4n) is 3.35. The van der Waals surface area contributed by atoms with Crippen molar-refractivity contribution in [1.29, 1.82) is 0 Å². The van der Waals surface area contributed by atoms with Crippen molar-refractivity contribution in [2.75, 3.05) is 57.1 Å². The van der Waals surface area contributed by atoms with Gasteiger partial charge in [-0.2, -0.15) is 0 Å². The van der Waals surface area contributed by atoms with Crippen LogP contribution < -0.4 is 20.3 Å². The Balaban J connectivity index is 0.00000341. The van der Waals surface area contributed by atoms with Gasteiger partial charge < -0.3 is 25.2 Å². The van der Waals surface area contributed by atoms with E-state index >= 15 is 0 Å². The standard InChI is InChI=1S/C22H30N6O2.HI/c1-17-7-8-20(25-16-17)26-21(29)9-10-24-22(23-2)28-13-11-27(12-14-28)18-5-4-6-19(15-18)30-3;/h4-8,15-16H,9-14H2,1-3H3,(H,23,24)(H,25,26,29);1H. The predicted molar refractivity (Wildman–Crippen MR) is 136 cm³/mol. The molecule has 1 aliphatic heterocycles. The first-order valence-electron chi connectivity index (χ1n) is 10.2. The minimum Gasteiger partial charge on any atom is -0.497 e. The molecule has 1 aromatic heterocycles. The van der Waals surface area contributed by atoms with Gasteiger partial charge in [-0.25, -0.2) is 4.98 Å². The van der Waals surface area contributed by atoms with E-state index in [1.54, 1.807) is 26.4 Å². The number of guanidine groups is 1. The fraction of sp³-hybridized carbons (Fsp3) is 0.409. The Morgan fingerprint density at radius 2 is 1.97 bits per heavy atom. The normalized spacial score (nSPS) is 14.0. The maximum Gasteiger partial charge on any atom is 0.227 e. The molecule has 0 spiro atoms. The average molecular weight is 538 g/mol. The lowest BCUT2D eigenvalue weighted by atomic mass is 10.2. The number of rotatable bonds is 6. The number of nitrogens with zero attached hydrogens (tertiary/aromatic N) is 4. The molecular formula is C22H31IN6O2. The molecule has 9 heteroatoms. The predicted octanol–water partition coefficient (Wildman–Crippen LogP) is 2.74. The van der Waals surface area contributed by atoms with Gasteiger partial charge in [0.25, 0.3) is 0 Å². The molecule has 1 amide bonds. The van der Waals surface area contributed by atoms with Crippen molar-refractivity contribution in [2.45, 2.75) is 13.3 Å². The van der Waals surface area contributed by atoms with Gasteiger partial charge in [0, 0.05) is 64.1 Å². The van der Waals surface area contributed by atoms with Crippen LogP contribution in [-0.2, 0) is 4.79 Å². The number of carbonyl (C=O) groups is 1. The van der Waals surface area contributed by atoms with Crippen molar-refractivity contribution >= 4 is 47.3 Å². The maximum atomic E-state index is 12.1. The number of hydrogen-bond donors (Lipinski definition) is 2. The third-order valence-electron chi connectivity index (χ3n) is 5.02. The third kappa shape index (κ3) is 7.27. The lowest BCUT2D eigenvalue weighted by molar-refractivity contribution is -0.116. The number of halogens is 1. The smallest absolute Gasteiger partial charge is 0.227 e. The number of piperazine rings is 1. The molecule has 0 aliphatic carbocycles. The second-order valence-corrected chi connectivity index (χ2v) is 7.17. The highest BCUT2D eigenvalue weighted by Crippen LogP contribution is 2.22. The van der Waals surface area contributed by atoms with Gasteiger partial charge in [-0.3, -0.25) is 9.79 Å². The Morgan fingerprint density at radius 1 is 1.19 bits per heavy atom. The summed E-state index contributed by atoms with van der Waals surface area (Å²) in [5.41, 5.74) is 2.23. The number of aliphatic imine (C=N–C) groups is 1. The Hall–Kier alpha value is -2.56. The van der Waals surface area contributed by atoms with Crippen molar-refractivity contribution in [3.8, 4) is 5.75 Å². The molecule has 3 rings (SSSR count). The monoisotopic (exact) mass is 538 g/mol. The zero-order valence-electron chi connectivity index (χ0n) is 18.3. The summed E-state index contributed by atoms with van der Waals surface area (Å²) in [6.45, 7) is 5.98. The molecule has 0 atom stereocenters. The number of pyridine rings is 1. The Morgan fingerprint density at radius 3 is 2.61 bits per heavy atom. The van der Waals surface area contributed by atoms with E-state index in [1.807, 2.05) is 25.1 Å². The van der Waals surface area contributed by atoms with Crippen LogP contribution in [0, 0.1) is 6.92 Å². The van der Waals surface area contributed by atoms with Crippen LogP contribution in [0.5, 0.6) is 5.75 Å². The van der Waals surface area contributed by atoms with E-state index in [9.17, 15) is 4.79 Å². The van der Waals surface area contributed by atoms with Crippen molar-refractivity contribution < 1.29 is 9.53 Å². The summed E-state index contributed by atoms with van der Waals surface area (Å²) in [5, 5.41) is 6.11. The largest absolute Gasteiger partial charge is 0.497 e. The Bertz CT molecular complexity index is 867. The van der Waals surface area contributed by atoms with Crippen molar-refractivity contribution in [2.24, 2.45) is 4.99 Å². The van der Waals surface area contributed by atoms with Crippen molar-refractivity contribution in [1.82, 2.24) is 15.2 Å². The Kier molecular flexibility index (Phi) is 9.83. The maximum absolute atomic E-state index is 12.1. The zero-order valence-corrected chi connectivity index (χ0v) is 20.6.